The van der Waals surface area contributed by atoms with Crippen LogP contribution >= 0.6 is 23.2 Å². The van der Waals surface area contributed by atoms with Gasteiger partial charge in [0.15, 0.2) is 0 Å². The van der Waals surface area contributed by atoms with Crippen LogP contribution < -0.4 is 0 Å². The molecular weight excluding hydrogens is 359 g/mol. The maximum Gasteiger partial charge on any atom is 0.342 e. The highest BCUT2D eigenvalue weighted by Gasteiger charge is 2.15. The third-order valence-corrected chi connectivity index (χ3v) is 3.38. The second kappa shape index (κ2) is 7.90. The minimum atomic E-state index is -0.809. The lowest BCUT2D eigenvalue weighted by Gasteiger charge is -2.08. The molecule has 8 heteroatoms. The second-order valence-corrected chi connectivity index (χ2v) is 5.47. The van der Waals surface area contributed by atoms with Crippen molar-refractivity contribution in [2.45, 2.75) is 0 Å². The van der Waals surface area contributed by atoms with Crippen LogP contribution in [0.15, 0.2) is 36.4 Å². The van der Waals surface area contributed by atoms with Gasteiger partial charge in [-0.25, -0.2) is 9.59 Å². The lowest BCUT2D eigenvalue weighted by Crippen LogP contribution is -2.14. The molecule has 0 saturated carbocycles. The Kier molecular flexibility index (Phi) is 5.89. The molecule has 2 aromatic carbocycles. The van der Waals surface area contributed by atoms with Gasteiger partial charge in [0.25, 0.3) is 0 Å². The quantitative estimate of drug-likeness (QED) is 0.618. The fraction of sp³-hybridized carbons (Fsp3) is 0.125. The summed E-state index contributed by atoms with van der Waals surface area (Å²) in [6.45, 7) is -0.476. The molecule has 0 amide bonds. The fourth-order valence-electron chi connectivity index (χ4n) is 1.77. The van der Waals surface area contributed by atoms with E-state index >= 15 is 0 Å². The van der Waals surface area contributed by atoms with Gasteiger partial charge in [-0.15, -0.1) is 0 Å². The number of carbonyl (C=O) groups excluding carboxylic acids is 2. The van der Waals surface area contributed by atoms with Crippen LogP contribution in [0.3, 0.4) is 0 Å². The topological polar surface area (TPSA) is 93.1 Å². The van der Waals surface area contributed by atoms with E-state index in [9.17, 15) is 19.8 Å². The number of phenols is 2. The zero-order valence-corrected chi connectivity index (χ0v) is 13.7. The van der Waals surface area contributed by atoms with E-state index in [0.717, 1.165) is 0 Å². The van der Waals surface area contributed by atoms with Gasteiger partial charge in [-0.3, -0.25) is 0 Å². The van der Waals surface area contributed by atoms with Gasteiger partial charge in [0.05, 0.1) is 0 Å². The molecular formula is C16H12Cl2O6. The molecule has 0 heterocycles. The molecule has 6 nitrogen and oxygen atoms in total. The van der Waals surface area contributed by atoms with Gasteiger partial charge < -0.3 is 19.7 Å². The van der Waals surface area contributed by atoms with Crippen molar-refractivity contribution in [1.29, 1.82) is 0 Å². The fourth-order valence-corrected chi connectivity index (χ4v) is 2.11. The van der Waals surface area contributed by atoms with Crippen molar-refractivity contribution in [3.8, 4) is 11.5 Å². The normalized spacial score (nSPS) is 10.2. The number of esters is 2. The van der Waals surface area contributed by atoms with Crippen LogP contribution in [0.25, 0.3) is 0 Å². The van der Waals surface area contributed by atoms with Crippen molar-refractivity contribution in [1.82, 2.24) is 0 Å². The van der Waals surface area contributed by atoms with Gasteiger partial charge in [0.2, 0.25) is 0 Å². The van der Waals surface area contributed by atoms with Crippen molar-refractivity contribution in [3.05, 3.63) is 57.6 Å². The van der Waals surface area contributed by atoms with Crippen LogP contribution in [0, 0.1) is 0 Å². The number of carbonyl (C=O) groups is 2. The van der Waals surface area contributed by atoms with E-state index in [-0.39, 0.29) is 45.9 Å². The van der Waals surface area contributed by atoms with Crippen molar-refractivity contribution in [3.63, 3.8) is 0 Å². The maximum atomic E-state index is 11.8. The highest BCUT2D eigenvalue weighted by Crippen LogP contribution is 2.23. The molecule has 0 unspecified atom stereocenters. The molecule has 0 aliphatic carbocycles. The van der Waals surface area contributed by atoms with E-state index in [1.165, 1.54) is 36.4 Å². The smallest absolute Gasteiger partial charge is 0.342 e. The van der Waals surface area contributed by atoms with Crippen molar-refractivity contribution < 1.29 is 29.3 Å². The number of rotatable bonds is 5. The predicted octanol–water partition coefficient (Wildman–Crippen LogP) is 3.42. The molecule has 0 fully saturated rings. The highest BCUT2D eigenvalue weighted by molar-refractivity contribution is 6.31. The standard InChI is InChI=1S/C16H12Cl2O6/c17-9-1-3-13(19)11(7-9)15(21)23-5-6-24-16(22)12-8-10(18)2-4-14(12)20/h1-4,7-8,19-20H,5-6H2. The zero-order valence-electron chi connectivity index (χ0n) is 12.2. The van der Waals surface area contributed by atoms with Crippen LogP contribution in [0.1, 0.15) is 20.7 Å². The second-order valence-electron chi connectivity index (χ2n) is 4.59. The number of phenolic OH excluding ortho intramolecular Hbond substituents is 2. The van der Waals surface area contributed by atoms with Gasteiger partial charge in [-0.05, 0) is 36.4 Å². The summed E-state index contributed by atoms with van der Waals surface area (Å²) in [6, 6.07) is 7.89. The largest absolute Gasteiger partial charge is 0.507 e. The molecule has 2 aromatic rings. The Balaban J connectivity index is 1.86. The first kappa shape index (κ1) is 17.9. The third kappa shape index (κ3) is 4.53. The van der Waals surface area contributed by atoms with E-state index in [1.54, 1.807) is 0 Å². The summed E-state index contributed by atoms with van der Waals surface area (Å²) < 4.78 is 9.76. The molecule has 2 rings (SSSR count). The van der Waals surface area contributed by atoms with E-state index in [4.69, 9.17) is 32.7 Å². The molecule has 0 spiro atoms. The predicted molar refractivity (Wildman–Crippen MR) is 86.8 cm³/mol. The summed E-state index contributed by atoms with van der Waals surface area (Å²) in [5.41, 5.74) is -0.192. The van der Waals surface area contributed by atoms with Crippen LogP contribution in [-0.2, 0) is 9.47 Å². The molecule has 0 bridgehead atoms. The zero-order chi connectivity index (χ0) is 17.7. The average Bonchev–Trinajstić information content (AvgIpc) is 2.55. The molecule has 0 radical (unpaired) electrons. The Labute approximate surface area is 147 Å². The van der Waals surface area contributed by atoms with Gasteiger partial charge in [-0.2, -0.15) is 0 Å². The summed E-state index contributed by atoms with van der Waals surface area (Å²) in [5, 5.41) is 19.7. The number of halogens is 2. The van der Waals surface area contributed by atoms with Crippen LogP contribution in [0.2, 0.25) is 10.0 Å². The van der Waals surface area contributed by atoms with Crippen molar-refractivity contribution in [2.24, 2.45) is 0 Å². The molecule has 126 valence electrons. The maximum absolute atomic E-state index is 11.8. The molecule has 0 atom stereocenters. The van der Waals surface area contributed by atoms with E-state index in [0.29, 0.717) is 0 Å². The number of benzene rings is 2. The van der Waals surface area contributed by atoms with Gasteiger partial charge in [-0.1, -0.05) is 23.2 Å². The number of hydrogen-bond donors (Lipinski definition) is 2. The van der Waals surface area contributed by atoms with Crippen molar-refractivity contribution in [2.75, 3.05) is 13.2 Å². The van der Waals surface area contributed by atoms with Crippen LogP contribution in [-0.4, -0.2) is 35.4 Å². The Hall–Kier alpha value is -2.44. The monoisotopic (exact) mass is 370 g/mol. The van der Waals surface area contributed by atoms with Gasteiger partial charge >= 0.3 is 11.9 Å². The molecule has 0 aliphatic heterocycles. The third-order valence-electron chi connectivity index (χ3n) is 2.91. The number of aromatic hydroxyl groups is 2. The number of ether oxygens (including phenoxy) is 2. The highest BCUT2D eigenvalue weighted by atomic mass is 35.5. The van der Waals surface area contributed by atoms with Gasteiger partial charge in [0.1, 0.15) is 35.8 Å². The molecule has 2 N–H and O–H groups in total. The average molecular weight is 371 g/mol. The summed E-state index contributed by atoms with van der Waals surface area (Å²) in [4.78, 5) is 23.6. The molecule has 0 aromatic heterocycles. The SMILES string of the molecule is O=C(OCCOC(=O)c1cc(Cl)ccc1O)c1cc(Cl)ccc1O. The molecule has 24 heavy (non-hydrogen) atoms. The van der Waals surface area contributed by atoms with Crippen molar-refractivity contribution >= 4 is 35.1 Å². The minimum absolute atomic E-state index is 0.0960. The van der Waals surface area contributed by atoms with Crippen LogP contribution in [0.5, 0.6) is 11.5 Å². The summed E-state index contributed by atoms with van der Waals surface area (Å²) in [7, 11) is 0. The molecule has 0 aliphatic rings. The Morgan fingerprint density at radius 1 is 0.792 bits per heavy atom. The minimum Gasteiger partial charge on any atom is -0.507 e. The Morgan fingerprint density at radius 3 is 1.54 bits per heavy atom. The van der Waals surface area contributed by atoms with E-state index in [1.807, 2.05) is 0 Å². The van der Waals surface area contributed by atoms with Crippen LogP contribution in [0.4, 0.5) is 0 Å². The first-order valence-corrected chi connectivity index (χ1v) is 7.45. The molecule has 0 saturated heterocycles. The van der Waals surface area contributed by atoms with E-state index < -0.39 is 11.9 Å². The van der Waals surface area contributed by atoms with E-state index in [2.05, 4.69) is 0 Å². The first-order chi connectivity index (χ1) is 11.4. The lowest BCUT2D eigenvalue weighted by molar-refractivity contribution is 0.0262. The summed E-state index contributed by atoms with van der Waals surface area (Å²) in [6.07, 6.45) is 0. The van der Waals surface area contributed by atoms with Gasteiger partial charge in [0, 0.05) is 10.0 Å². The number of hydrogen-bond acceptors (Lipinski definition) is 6. The Morgan fingerprint density at radius 2 is 1.17 bits per heavy atom. The lowest BCUT2D eigenvalue weighted by atomic mass is 10.2. The summed E-state index contributed by atoms with van der Waals surface area (Å²) in [5.74, 6) is -2.16. The summed E-state index contributed by atoms with van der Waals surface area (Å²) >= 11 is 11.5. The first-order valence-electron chi connectivity index (χ1n) is 6.70. The Bertz CT molecular complexity index is 710.